The average molecular weight is 369 g/mol. The highest BCUT2D eigenvalue weighted by molar-refractivity contribution is 6.36. The van der Waals surface area contributed by atoms with Crippen LogP contribution in [0.2, 0.25) is 10.0 Å². The van der Waals surface area contributed by atoms with Crippen molar-refractivity contribution in [2.75, 3.05) is 37.5 Å². The molecule has 0 saturated carbocycles. The number of hydrogen-bond acceptors (Lipinski definition) is 4. The molecule has 0 bridgehead atoms. The number of methoxy groups -OCH3 is 1. The summed E-state index contributed by atoms with van der Waals surface area (Å²) < 4.78 is 10.4. The van der Waals surface area contributed by atoms with Gasteiger partial charge in [0.2, 0.25) is 5.91 Å². The van der Waals surface area contributed by atoms with E-state index in [1.807, 2.05) is 0 Å². The first-order valence-electron chi connectivity index (χ1n) is 7.29. The Hall–Kier alpha value is -1.95. The van der Waals surface area contributed by atoms with Crippen molar-refractivity contribution in [2.24, 2.45) is 0 Å². The lowest BCUT2D eigenvalue weighted by atomic mass is 10.3. The van der Waals surface area contributed by atoms with Gasteiger partial charge in [-0.1, -0.05) is 23.2 Å². The molecule has 2 N–H and O–H groups in total. The van der Waals surface area contributed by atoms with Gasteiger partial charge in [0.05, 0.1) is 23.9 Å². The highest BCUT2D eigenvalue weighted by atomic mass is 35.5. The summed E-state index contributed by atoms with van der Waals surface area (Å²) in [5.74, 6) is 0.533. The number of benzene rings is 2. The predicted molar refractivity (Wildman–Crippen MR) is 97.4 cm³/mol. The number of hydrogen-bond donors (Lipinski definition) is 2. The maximum atomic E-state index is 12.0. The van der Waals surface area contributed by atoms with Gasteiger partial charge in [0, 0.05) is 17.8 Å². The normalized spacial score (nSPS) is 10.3. The molecule has 0 saturated heterocycles. The van der Waals surface area contributed by atoms with Gasteiger partial charge in [-0.25, -0.2) is 0 Å². The van der Waals surface area contributed by atoms with Gasteiger partial charge in [-0.05, 0) is 42.5 Å². The van der Waals surface area contributed by atoms with Gasteiger partial charge < -0.3 is 20.1 Å². The third-order valence-electron chi connectivity index (χ3n) is 3.06. The molecule has 2 aromatic carbocycles. The van der Waals surface area contributed by atoms with E-state index in [0.717, 1.165) is 5.75 Å². The van der Waals surface area contributed by atoms with Crippen LogP contribution in [0.1, 0.15) is 0 Å². The second-order valence-electron chi connectivity index (χ2n) is 4.89. The largest absolute Gasteiger partial charge is 0.491 e. The molecule has 0 aromatic heterocycles. The van der Waals surface area contributed by atoms with E-state index < -0.39 is 0 Å². The van der Waals surface area contributed by atoms with Gasteiger partial charge in [0.25, 0.3) is 0 Å². The fourth-order valence-electron chi connectivity index (χ4n) is 1.89. The number of ether oxygens (including phenoxy) is 2. The molecule has 0 aliphatic carbocycles. The van der Waals surface area contributed by atoms with Crippen molar-refractivity contribution in [3.05, 3.63) is 52.5 Å². The van der Waals surface area contributed by atoms with Gasteiger partial charge in [-0.15, -0.1) is 0 Å². The second kappa shape index (κ2) is 9.37. The zero-order valence-electron chi connectivity index (χ0n) is 13.1. The molecule has 0 heterocycles. The third kappa shape index (κ3) is 5.92. The number of amides is 1. The van der Waals surface area contributed by atoms with Crippen molar-refractivity contribution in [1.29, 1.82) is 0 Å². The average Bonchev–Trinajstić information content (AvgIpc) is 2.56. The van der Waals surface area contributed by atoms with E-state index in [1.165, 1.54) is 0 Å². The van der Waals surface area contributed by atoms with Gasteiger partial charge >= 0.3 is 0 Å². The van der Waals surface area contributed by atoms with Gasteiger partial charge in [-0.3, -0.25) is 4.79 Å². The van der Waals surface area contributed by atoms with Gasteiger partial charge in [0.15, 0.2) is 0 Å². The van der Waals surface area contributed by atoms with Crippen LogP contribution in [0.25, 0.3) is 0 Å². The standard InChI is InChI=1S/C17H18Cl2N2O3/c1-23-8-9-24-14-5-3-13(4-6-14)21-17(22)11-20-16-7-2-12(18)10-15(16)19/h2-7,10,20H,8-9,11H2,1H3,(H,21,22). The highest BCUT2D eigenvalue weighted by Gasteiger charge is 2.05. The second-order valence-corrected chi connectivity index (χ2v) is 5.74. The SMILES string of the molecule is COCCOc1ccc(NC(=O)CNc2ccc(Cl)cc2Cl)cc1. The molecule has 5 nitrogen and oxygen atoms in total. The Kier molecular flexibility index (Phi) is 7.18. The van der Waals surface area contributed by atoms with Crippen molar-refractivity contribution >= 4 is 40.5 Å². The van der Waals surface area contributed by atoms with Crippen LogP contribution in [0, 0.1) is 0 Å². The fourth-order valence-corrected chi connectivity index (χ4v) is 2.37. The predicted octanol–water partition coefficient (Wildman–Crippen LogP) is 4.07. The molecular weight excluding hydrogens is 351 g/mol. The summed E-state index contributed by atoms with van der Waals surface area (Å²) in [6.07, 6.45) is 0. The van der Waals surface area contributed by atoms with Crippen LogP contribution in [0.15, 0.2) is 42.5 Å². The van der Waals surface area contributed by atoms with Crippen LogP contribution in [0.3, 0.4) is 0 Å². The first-order chi connectivity index (χ1) is 11.6. The summed E-state index contributed by atoms with van der Waals surface area (Å²) in [5, 5.41) is 6.76. The third-order valence-corrected chi connectivity index (χ3v) is 3.61. The molecule has 0 radical (unpaired) electrons. The van der Waals surface area contributed by atoms with Crippen LogP contribution in [-0.2, 0) is 9.53 Å². The van der Waals surface area contributed by atoms with Crippen molar-refractivity contribution in [1.82, 2.24) is 0 Å². The number of nitrogens with one attached hydrogen (secondary N) is 2. The van der Waals surface area contributed by atoms with Crippen molar-refractivity contribution in [2.45, 2.75) is 0 Å². The Labute approximate surface area is 150 Å². The van der Waals surface area contributed by atoms with Gasteiger partial charge in [0.1, 0.15) is 12.4 Å². The minimum absolute atomic E-state index is 0.0907. The van der Waals surface area contributed by atoms with E-state index >= 15 is 0 Å². The molecule has 0 spiro atoms. The Morgan fingerprint density at radius 2 is 1.83 bits per heavy atom. The molecule has 0 aliphatic heterocycles. The zero-order chi connectivity index (χ0) is 17.4. The van der Waals surface area contributed by atoms with Crippen LogP contribution >= 0.6 is 23.2 Å². The molecule has 0 fully saturated rings. The van der Waals surface area contributed by atoms with Crippen LogP contribution in [0.5, 0.6) is 5.75 Å². The molecule has 7 heteroatoms. The van der Waals surface area contributed by atoms with Crippen LogP contribution in [0.4, 0.5) is 11.4 Å². The first kappa shape index (κ1) is 18.4. The van der Waals surface area contributed by atoms with Crippen molar-refractivity contribution in [3.8, 4) is 5.75 Å². The Morgan fingerprint density at radius 3 is 2.50 bits per heavy atom. The zero-order valence-corrected chi connectivity index (χ0v) is 14.7. The Balaban J connectivity index is 1.81. The Bertz CT molecular complexity index is 678. The minimum Gasteiger partial charge on any atom is -0.491 e. The number of carbonyl (C=O) groups is 1. The van der Waals surface area contributed by atoms with Crippen molar-refractivity contribution in [3.63, 3.8) is 0 Å². The Morgan fingerprint density at radius 1 is 1.08 bits per heavy atom. The quantitative estimate of drug-likeness (QED) is 0.689. The van der Waals surface area contributed by atoms with E-state index in [0.29, 0.717) is 34.6 Å². The lowest BCUT2D eigenvalue weighted by molar-refractivity contribution is -0.114. The maximum absolute atomic E-state index is 12.0. The fraction of sp³-hybridized carbons (Fsp3) is 0.235. The molecule has 2 rings (SSSR count). The minimum atomic E-state index is -0.186. The van der Waals surface area contributed by atoms with Crippen LogP contribution in [-0.4, -0.2) is 32.8 Å². The van der Waals surface area contributed by atoms with E-state index in [1.54, 1.807) is 49.6 Å². The topological polar surface area (TPSA) is 59.6 Å². The van der Waals surface area contributed by atoms with Crippen molar-refractivity contribution < 1.29 is 14.3 Å². The van der Waals surface area contributed by atoms with Crippen LogP contribution < -0.4 is 15.4 Å². The summed E-state index contributed by atoms with van der Waals surface area (Å²) in [7, 11) is 1.62. The molecule has 2 aromatic rings. The molecule has 0 atom stereocenters. The smallest absolute Gasteiger partial charge is 0.243 e. The van der Waals surface area contributed by atoms with Gasteiger partial charge in [-0.2, -0.15) is 0 Å². The molecule has 1 amide bonds. The lowest BCUT2D eigenvalue weighted by Gasteiger charge is -2.10. The van der Waals surface area contributed by atoms with E-state index in [4.69, 9.17) is 32.7 Å². The number of anilines is 2. The molecule has 0 aliphatic rings. The van der Waals surface area contributed by atoms with E-state index in [-0.39, 0.29) is 12.5 Å². The summed E-state index contributed by atoms with van der Waals surface area (Å²) >= 11 is 11.9. The number of rotatable bonds is 8. The number of halogens is 2. The monoisotopic (exact) mass is 368 g/mol. The van der Waals surface area contributed by atoms with E-state index in [9.17, 15) is 4.79 Å². The lowest BCUT2D eigenvalue weighted by Crippen LogP contribution is -2.21. The summed E-state index contributed by atoms with van der Waals surface area (Å²) in [6, 6.07) is 12.2. The van der Waals surface area contributed by atoms with E-state index in [2.05, 4.69) is 10.6 Å². The summed E-state index contributed by atoms with van der Waals surface area (Å²) in [4.78, 5) is 12.0. The maximum Gasteiger partial charge on any atom is 0.243 e. The molecule has 0 unspecified atom stereocenters. The molecular formula is C17H18Cl2N2O3. The summed E-state index contributed by atoms with van der Waals surface area (Å²) in [5.41, 5.74) is 1.33. The molecule has 24 heavy (non-hydrogen) atoms. The molecule has 128 valence electrons. The highest BCUT2D eigenvalue weighted by Crippen LogP contribution is 2.25. The summed E-state index contributed by atoms with van der Waals surface area (Å²) in [6.45, 7) is 1.10. The first-order valence-corrected chi connectivity index (χ1v) is 8.04. The number of carbonyl (C=O) groups excluding carboxylic acids is 1.